The highest BCUT2D eigenvalue weighted by atomic mass is 16.6. The Morgan fingerprint density at radius 2 is 2.15 bits per heavy atom. The number of nitro benzene ring substituents is 1. The van der Waals surface area contributed by atoms with Gasteiger partial charge in [0.2, 0.25) is 0 Å². The summed E-state index contributed by atoms with van der Waals surface area (Å²) in [7, 11) is 3.24. The molecule has 0 spiro atoms. The maximum absolute atomic E-state index is 11.8. The van der Waals surface area contributed by atoms with Gasteiger partial charge in [-0.05, 0) is 24.5 Å². The maximum atomic E-state index is 11.8. The predicted octanol–water partition coefficient (Wildman–Crippen LogP) is 2.51. The van der Waals surface area contributed by atoms with E-state index >= 15 is 0 Å². The number of hydrogen-bond acceptors (Lipinski definition) is 4. The minimum Gasteiger partial charge on any atom is -0.379 e. The van der Waals surface area contributed by atoms with E-state index in [4.69, 9.17) is 0 Å². The van der Waals surface area contributed by atoms with Gasteiger partial charge in [-0.2, -0.15) is 0 Å². The monoisotopic (exact) mass is 277 g/mol. The zero-order valence-corrected chi connectivity index (χ0v) is 11.8. The molecule has 20 heavy (non-hydrogen) atoms. The molecule has 0 aromatic heterocycles. The van der Waals surface area contributed by atoms with Gasteiger partial charge in [0.25, 0.3) is 11.6 Å². The normalized spacial score (nSPS) is 13.9. The Hall–Kier alpha value is -2.11. The first-order valence-electron chi connectivity index (χ1n) is 6.73. The number of hydrogen-bond donors (Lipinski definition) is 1. The zero-order chi connectivity index (χ0) is 14.7. The van der Waals surface area contributed by atoms with Crippen LogP contribution in [0.1, 0.15) is 29.6 Å². The molecule has 1 N–H and O–H groups in total. The Balaban J connectivity index is 2.14. The molecule has 0 aliphatic heterocycles. The van der Waals surface area contributed by atoms with Gasteiger partial charge in [-0.3, -0.25) is 14.9 Å². The van der Waals surface area contributed by atoms with Gasteiger partial charge in [0.15, 0.2) is 0 Å². The maximum Gasteiger partial charge on any atom is 0.293 e. The highest BCUT2D eigenvalue weighted by molar-refractivity contribution is 5.95. The van der Waals surface area contributed by atoms with Crippen molar-refractivity contribution in [1.82, 2.24) is 4.90 Å². The van der Waals surface area contributed by atoms with E-state index in [1.54, 1.807) is 26.2 Å². The SMILES string of the molecule is CN(C)C(=O)c1ccc(NCCC2CC2)c([N+](=O)[O-])c1. The van der Waals surface area contributed by atoms with E-state index in [-0.39, 0.29) is 11.6 Å². The van der Waals surface area contributed by atoms with Crippen molar-refractivity contribution in [2.45, 2.75) is 19.3 Å². The van der Waals surface area contributed by atoms with Gasteiger partial charge >= 0.3 is 0 Å². The standard InChI is InChI=1S/C14H19N3O3/c1-16(2)14(18)11-5-6-12(13(9-11)17(19)20)15-8-7-10-3-4-10/h5-6,9-10,15H,3-4,7-8H2,1-2H3. The Morgan fingerprint density at radius 1 is 1.45 bits per heavy atom. The van der Waals surface area contributed by atoms with Gasteiger partial charge in [-0.1, -0.05) is 12.8 Å². The summed E-state index contributed by atoms with van der Waals surface area (Å²) < 4.78 is 0. The first-order chi connectivity index (χ1) is 9.49. The average molecular weight is 277 g/mol. The summed E-state index contributed by atoms with van der Waals surface area (Å²) in [5, 5.41) is 14.2. The van der Waals surface area contributed by atoms with Crippen LogP contribution in [0.15, 0.2) is 18.2 Å². The van der Waals surface area contributed by atoms with Crippen molar-refractivity contribution < 1.29 is 9.72 Å². The fourth-order valence-electron chi connectivity index (χ4n) is 2.04. The molecule has 0 unspecified atom stereocenters. The average Bonchev–Trinajstić information content (AvgIpc) is 3.22. The molecule has 2 rings (SSSR count). The third-order valence-corrected chi connectivity index (χ3v) is 3.41. The second kappa shape index (κ2) is 5.90. The molecule has 0 bridgehead atoms. The van der Waals surface area contributed by atoms with E-state index in [0.29, 0.717) is 11.3 Å². The van der Waals surface area contributed by atoms with E-state index in [1.165, 1.54) is 23.8 Å². The van der Waals surface area contributed by atoms with Crippen LogP contribution in [0, 0.1) is 16.0 Å². The van der Waals surface area contributed by atoms with Gasteiger partial charge in [0.05, 0.1) is 4.92 Å². The van der Waals surface area contributed by atoms with Crippen LogP contribution < -0.4 is 5.32 Å². The number of nitrogens with zero attached hydrogens (tertiary/aromatic N) is 2. The molecule has 1 aromatic rings. The lowest BCUT2D eigenvalue weighted by atomic mass is 10.1. The Labute approximate surface area is 117 Å². The zero-order valence-electron chi connectivity index (χ0n) is 11.8. The summed E-state index contributed by atoms with van der Waals surface area (Å²) in [6.45, 7) is 0.729. The van der Waals surface area contributed by atoms with E-state index in [1.807, 2.05) is 0 Å². The topological polar surface area (TPSA) is 75.5 Å². The van der Waals surface area contributed by atoms with Crippen molar-refractivity contribution >= 4 is 17.3 Å². The molecule has 1 saturated carbocycles. The van der Waals surface area contributed by atoms with Crippen molar-refractivity contribution in [2.75, 3.05) is 26.0 Å². The van der Waals surface area contributed by atoms with Crippen LogP contribution in [0.2, 0.25) is 0 Å². The lowest BCUT2D eigenvalue weighted by Crippen LogP contribution is -2.21. The molecule has 1 amide bonds. The van der Waals surface area contributed by atoms with Gasteiger partial charge in [0, 0.05) is 32.3 Å². The second-order valence-corrected chi connectivity index (χ2v) is 5.35. The van der Waals surface area contributed by atoms with Crippen LogP contribution in [-0.2, 0) is 0 Å². The van der Waals surface area contributed by atoms with E-state index in [9.17, 15) is 14.9 Å². The Kier molecular flexibility index (Phi) is 4.22. The van der Waals surface area contributed by atoms with Crippen molar-refractivity contribution in [3.05, 3.63) is 33.9 Å². The summed E-state index contributed by atoms with van der Waals surface area (Å²) in [5.41, 5.74) is 0.758. The summed E-state index contributed by atoms with van der Waals surface area (Å²) >= 11 is 0. The number of rotatable bonds is 6. The molecule has 1 fully saturated rings. The van der Waals surface area contributed by atoms with Crippen LogP contribution in [0.5, 0.6) is 0 Å². The molecule has 0 radical (unpaired) electrons. The van der Waals surface area contributed by atoms with Gasteiger partial charge in [0.1, 0.15) is 5.69 Å². The first kappa shape index (κ1) is 14.3. The van der Waals surface area contributed by atoms with Crippen LogP contribution in [0.25, 0.3) is 0 Å². The first-order valence-corrected chi connectivity index (χ1v) is 6.73. The predicted molar refractivity (Wildman–Crippen MR) is 76.9 cm³/mol. The van der Waals surface area contributed by atoms with E-state index in [2.05, 4.69) is 5.32 Å². The molecule has 1 aliphatic carbocycles. The minimum absolute atomic E-state index is 0.0477. The number of benzene rings is 1. The van der Waals surface area contributed by atoms with Crippen LogP contribution in [0.4, 0.5) is 11.4 Å². The lowest BCUT2D eigenvalue weighted by molar-refractivity contribution is -0.384. The third-order valence-electron chi connectivity index (χ3n) is 3.41. The number of carbonyl (C=O) groups is 1. The third kappa shape index (κ3) is 3.46. The Bertz CT molecular complexity index is 524. The van der Waals surface area contributed by atoms with E-state index in [0.717, 1.165) is 18.9 Å². The van der Waals surface area contributed by atoms with Crippen LogP contribution in [-0.4, -0.2) is 36.4 Å². The fraction of sp³-hybridized carbons (Fsp3) is 0.500. The molecule has 0 heterocycles. The second-order valence-electron chi connectivity index (χ2n) is 5.35. The fourth-order valence-corrected chi connectivity index (χ4v) is 2.04. The van der Waals surface area contributed by atoms with Crippen LogP contribution >= 0.6 is 0 Å². The summed E-state index contributed by atoms with van der Waals surface area (Å²) in [4.78, 5) is 23.9. The molecular weight excluding hydrogens is 258 g/mol. The van der Waals surface area contributed by atoms with E-state index < -0.39 is 4.92 Å². The van der Waals surface area contributed by atoms with Crippen molar-refractivity contribution in [1.29, 1.82) is 0 Å². The molecule has 1 aliphatic rings. The minimum atomic E-state index is -0.452. The lowest BCUT2D eigenvalue weighted by Gasteiger charge is -2.12. The smallest absolute Gasteiger partial charge is 0.293 e. The highest BCUT2D eigenvalue weighted by Gasteiger charge is 2.22. The van der Waals surface area contributed by atoms with Crippen molar-refractivity contribution in [2.24, 2.45) is 5.92 Å². The number of nitrogens with one attached hydrogen (secondary N) is 1. The number of nitro groups is 1. The van der Waals surface area contributed by atoms with Crippen molar-refractivity contribution in [3.63, 3.8) is 0 Å². The van der Waals surface area contributed by atoms with Gasteiger partial charge in [-0.25, -0.2) is 0 Å². The largest absolute Gasteiger partial charge is 0.379 e. The molecular formula is C14H19N3O3. The number of amides is 1. The molecule has 1 aromatic carbocycles. The summed E-state index contributed by atoms with van der Waals surface area (Å²) in [6, 6.07) is 4.57. The molecule has 0 atom stereocenters. The number of anilines is 1. The number of carbonyl (C=O) groups excluding carboxylic acids is 1. The summed E-state index contributed by atoms with van der Waals surface area (Å²) in [5.74, 6) is 0.536. The van der Waals surface area contributed by atoms with Crippen LogP contribution in [0.3, 0.4) is 0 Å². The molecule has 6 nitrogen and oxygen atoms in total. The molecule has 6 heteroatoms. The summed E-state index contributed by atoms with van der Waals surface area (Å²) in [6.07, 6.45) is 3.57. The molecule has 108 valence electrons. The van der Waals surface area contributed by atoms with Crippen molar-refractivity contribution in [3.8, 4) is 0 Å². The quantitative estimate of drug-likeness (QED) is 0.640. The highest BCUT2D eigenvalue weighted by Crippen LogP contribution is 2.33. The van der Waals surface area contributed by atoms with Gasteiger partial charge in [-0.15, -0.1) is 0 Å². The van der Waals surface area contributed by atoms with Gasteiger partial charge < -0.3 is 10.2 Å². The Morgan fingerprint density at radius 3 is 2.70 bits per heavy atom. The molecule has 0 saturated heterocycles.